The highest BCUT2D eigenvalue weighted by Gasteiger charge is 2.08. The SMILES string of the molecule is Cc1cc(-c2ccc(C(=N)N)cc2)nc(-c2ccc(C(=N)N)cc2)n1. The fourth-order valence-corrected chi connectivity index (χ4v) is 2.46. The first kappa shape index (κ1) is 16.3. The number of nitrogens with zero attached hydrogens (tertiary/aromatic N) is 2. The molecule has 0 aliphatic heterocycles. The minimum absolute atomic E-state index is 0.0305. The van der Waals surface area contributed by atoms with E-state index in [-0.39, 0.29) is 11.7 Å². The summed E-state index contributed by atoms with van der Waals surface area (Å²) >= 11 is 0. The Bertz CT molecular complexity index is 867. The van der Waals surface area contributed by atoms with Gasteiger partial charge in [-0.25, -0.2) is 9.97 Å². The Morgan fingerprint density at radius 2 is 1.24 bits per heavy atom. The fourth-order valence-electron chi connectivity index (χ4n) is 2.46. The van der Waals surface area contributed by atoms with E-state index in [1.807, 2.05) is 37.3 Å². The van der Waals surface area contributed by atoms with Gasteiger partial charge in [-0.05, 0) is 13.0 Å². The molecule has 0 spiro atoms. The molecule has 6 N–H and O–H groups in total. The molecule has 1 aromatic heterocycles. The van der Waals surface area contributed by atoms with Crippen LogP contribution in [0, 0.1) is 17.7 Å². The zero-order valence-electron chi connectivity index (χ0n) is 13.7. The van der Waals surface area contributed by atoms with Crippen LogP contribution >= 0.6 is 0 Å². The molecule has 0 unspecified atom stereocenters. The first-order valence-corrected chi connectivity index (χ1v) is 7.69. The molecule has 0 atom stereocenters. The van der Waals surface area contributed by atoms with E-state index in [0.29, 0.717) is 17.0 Å². The maximum atomic E-state index is 7.47. The summed E-state index contributed by atoms with van der Waals surface area (Å²) in [5.74, 6) is 0.681. The lowest BCUT2D eigenvalue weighted by atomic mass is 10.1. The van der Waals surface area contributed by atoms with Gasteiger partial charge in [0.1, 0.15) is 11.7 Å². The first-order chi connectivity index (χ1) is 11.9. The Kier molecular flexibility index (Phi) is 4.26. The van der Waals surface area contributed by atoms with E-state index in [0.717, 1.165) is 22.5 Å². The summed E-state index contributed by atoms with van der Waals surface area (Å²) in [5, 5.41) is 14.9. The van der Waals surface area contributed by atoms with E-state index in [4.69, 9.17) is 22.3 Å². The summed E-state index contributed by atoms with van der Waals surface area (Å²) in [6.45, 7) is 1.92. The Labute approximate surface area is 145 Å². The second kappa shape index (κ2) is 6.52. The molecule has 0 aliphatic carbocycles. The van der Waals surface area contributed by atoms with Gasteiger partial charge in [-0.3, -0.25) is 10.8 Å². The van der Waals surface area contributed by atoms with Crippen LogP contribution < -0.4 is 11.5 Å². The van der Waals surface area contributed by atoms with Crippen LogP contribution in [0.3, 0.4) is 0 Å². The molecule has 0 saturated heterocycles. The average Bonchev–Trinajstić information content (AvgIpc) is 2.61. The average molecular weight is 330 g/mol. The molecule has 0 aliphatic rings. The Morgan fingerprint density at radius 1 is 0.760 bits per heavy atom. The number of aromatic nitrogens is 2. The van der Waals surface area contributed by atoms with Crippen molar-refractivity contribution >= 4 is 11.7 Å². The topological polar surface area (TPSA) is 126 Å². The number of benzene rings is 2. The molecule has 0 bridgehead atoms. The second-order valence-corrected chi connectivity index (χ2v) is 5.70. The van der Waals surface area contributed by atoms with Crippen molar-refractivity contribution in [1.29, 1.82) is 10.8 Å². The van der Waals surface area contributed by atoms with Gasteiger partial charge in [-0.2, -0.15) is 0 Å². The van der Waals surface area contributed by atoms with Gasteiger partial charge in [0.15, 0.2) is 5.82 Å². The van der Waals surface area contributed by atoms with Crippen LogP contribution in [-0.2, 0) is 0 Å². The summed E-state index contributed by atoms with van der Waals surface area (Å²) in [6, 6.07) is 16.6. The van der Waals surface area contributed by atoms with Crippen LogP contribution in [0.4, 0.5) is 0 Å². The van der Waals surface area contributed by atoms with E-state index in [2.05, 4.69) is 9.97 Å². The maximum Gasteiger partial charge on any atom is 0.160 e. The highest BCUT2D eigenvalue weighted by molar-refractivity contribution is 5.95. The number of nitrogens with two attached hydrogens (primary N) is 2. The maximum absolute atomic E-state index is 7.47. The highest BCUT2D eigenvalue weighted by Crippen LogP contribution is 2.23. The normalized spacial score (nSPS) is 10.4. The standard InChI is InChI=1S/C19H18N6/c1-11-10-16(12-2-4-13(5-3-12)17(20)21)25-19(24-11)15-8-6-14(7-9-15)18(22)23/h2-10H,1H3,(H3,20,21)(H3,22,23). The number of hydrogen-bond acceptors (Lipinski definition) is 4. The lowest BCUT2D eigenvalue weighted by Gasteiger charge is -2.08. The molecule has 0 radical (unpaired) electrons. The number of nitrogen functional groups attached to an aromatic ring is 2. The molecule has 25 heavy (non-hydrogen) atoms. The molecule has 0 saturated carbocycles. The molecule has 1 heterocycles. The number of amidine groups is 2. The monoisotopic (exact) mass is 330 g/mol. The van der Waals surface area contributed by atoms with Crippen LogP contribution in [0.5, 0.6) is 0 Å². The van der Waals surface area contributed by atoms with Crippen LogP contribution in [0.25, 0.3) is 22.6 Å². The Morgan fingerprint density at radius 3 is 1.72 bits per heavy atom. The van der Waals surface area contributed by atoms with Gasteiger partial charge < -0.3 is 11.5 Å². The predicted octanol–water partition coefficient (Wildman–Crippen LogP) is 2.69. The number of aryl methyl sites for hydroxylation is 1. The van der Waals surface area contributed by atoms with Crippen molar-refractivity contribution in [1.82, 2.24) is 9.97 Å². The minimum Gasteiger partial charge on any atom is -0.384 e. The summed E-state index contributed by atoms with van der Waals surface area (Å²) in [5.41, 5.74) is 15.8. The molecule has 3 aromatic rings. The lowest BCUT2D eigenvalue weighted by molar-refractivity contribution is 1.11. The van der Waals surface area contributed by atoms with Crippen molar-refractivity contribution in [2.45, 2.75) is 6.92 Å². The number of hydrogen-bond donors (Lipinski definition) is 4. The highest BCUT2D eigenvalue weighted by atomic mass is 14.9. The molecule has 0 amide bonds. The second-order valence-electron chi connectivity index (χ2n) is 5.70. The molecule has 0 fully saturated rings. The third kappa shape index (κ3) is 3.53. The van der Waals surface area contributed by atoms with Crippen molar-refractivity contribution < 1.29 is 0 Å². The van der Waals surface area contributed by atoms with Crippen molar-refractivity contribution in [3.05, 3.63) is 71.4 Å². The third-order valence-electron chi connectivity index (χ3n) is 3.80. The van der Waals surface area contributed by atoms with Gasteiger partial charge in [-0.1, -0.05) is 48.5 Å². The van der Waals surface area contributed by atoms with Crippen LogP contribution in [0.2, 0.25) is 0 Å². The van der Waals surface area contributed by atoms with Gasteiger partial charge in [0.05, 0.1) is 5.69 Å². The summed E-state index contributed by atoms with van der Waals surface area (Å²) in [7, 11) is 0. The molecule has 2 aromatic carbocycles. The summed E-state index contributed by atoms with van der Waals surface area (Å²) < 4.78 is 0. The van der Waals surface area contributed by atoms with Crippen LogP contribution in [0.1, 0.15) is 16.8 Å². The van der Waals surface area contributed by atoms with Gasteiger partial charge >= 0.3 is 0 Å². The molecular formula is C19H18N6. The third-order valence-corrected chi connectivity index (χ3v) is 3.80. The first-order valence-electron chi connectivity index (χ1n) is 7.69. The van der Waals surface area contributed by atoms with E-state index in [9.17, 15) is 0 Å². The zero-order valence-corrected chi connectivity index (χ0v) is 13.7. The Balaban J connectivity index is 2.00. The van der Waals surface area contributed by atoms with Crippen molar-refractivity contribution in [2.75, 3.05) is 0 Å². The number of rotatable bonds is 4. The minimum atomic E-state index is 0.0305. The summed E-state index contributed by atoms with van der Waals surface area (Å²) in [6.07, 6.45) is 0. The van der Waals surface area contributed by atoms with E-state index in [1.54, 1.807) is 24.3 Å². The van der Waals surface area contributed by atoms with Crippen molar-refractivity contribution in [3.63, 3.8) is 0 Å². The van der Waals surface area contributed by atoms with E-state index >= 15 is 0 Å². The quantitative estimate of drug-likeness (QED) is 0.433. The lowest BCUT2D eigenvalue weighted by Crippen LogP contribution is -2.10. The molecule has 3 rings (SSSR count). The van der Waals surface area contributed by atoms with Gasteiger partial charge in [0.25, 0.3) is 0 Å². The molecule has 6 heteroatoms. The smallest absolute Gasteiger partial charge is 0.160 e. The fraction of sp³-hybridized carbons (Fsp3) is 0.0526. The van der Waals surface area contributed by atoms with Gasteiger partial charge in [0, 0.05) is 27.9 Å². The molecule has 124 valence electrons. The summed E-state index contributed by atoms with van der Waals surface area (Å²) in [4.78, 5) is 9.14. The van der Waals surface area contributed by atoms with Gasteiger partial charge in [-0.15, -0.1) is 0 Å². The van der Waals surface area contributed by atoms with Crippen molar-refractivity contribution in [3.8, 4) is 22.6 Å². The predicted molar refractivity (Wildman–Crippen MR) is 99.7 cm³/mol. The van der Waals surface area contributed by atoms with Gasteiger partial charge in [0.2, 0.25) is 0 Å². The molecular weight excluding hydrogens is 312 g/mol. The van der Waals surface area contributed by atoms with E-state index in [1.165, 1.54) is 0 Å². The zero-order chi connectivity index (χ0) is 18.0. The Hall–Kier alpha value is -3.54. The van der Waals surface area contributed by atoms with Crippen LogP contribution in [-0.4, -0.2) is 21.6 Å². The van der Waals surface area contributed by atoms with E-state index < -0.39 is 0 Å². The number of nitrogens with one attached hydrogen (secondary N) is 2. The van der Waals surface area contributed by atoms with Crippen LogP contribution in [0.15, 0.2) is 54.6 Å². The molecule has 6 nitrogen and oxygen atoms in total. The largest absolute Gasteiger partial charge is 0.384 e. The van der Waals surface area contributed by atoms with Crippen molar-refractivity contribution in [2.24, 2.45) is 11.5 Å².